The lowest BCUT2D eigenvalue weighted by Crippen LogP contribution is -2.19. The van der Waals surface area contributed by atoms with Crippen molar-refractivity contribution >= 4 is 17.3 Å². The molecule has 92 valence electrons. The zero-order valence-electron chi connectivity index (χ0n) is 9.90. The van der Waals surface area contributed by atoms with Gasteiger partial charge in [-0.2, -0.15) is 5.10 Å². The van der Waals surface area contributed by atoms with Crippen molar-refractivity contribution in [1.29, 1.82) is 0 Å². The van der Waals surface area contributed by atoms with Gasteiger partial charge in [-0.15, -0.1) is 0 Å². The monoisotopic (exact) mass is 261 g/mol. The Bertz CT molecular complexity index is 666. The van der Waals surface area contributed by atoms with Crippen LogP contribution in [0.4, 0.5) is 5.69 Å². The van der Waals surface area contributed by atoms with Crippen LogP contribution in [-0.4, -0.2) is 10.2 Å². The fraction of sp³-hybridized carbons (Fsp3) is 0.231. The van der Waals surface area contributed by atoms with Gasteiger partial charge in [0, 0.05) is 13.1 Å². The number of benzene rings is 1. The lowest BCUT2D eigenvalue weighted by atomic mass is 10.1. The van der Waals surface area contributed by atoms with E-state index in [4.69, 9.17) is 11.6 Å². The van der Waals surface area contributed by atoms with Crippen LogP contribution in [0, 0.1) is 6.92 Å². The van der Waals surface area contributed by atoms with E-state index >= 15 is 0 Å². The van der Waals surface area contributed by atoms with E-state index in [1.165, 1.54) is 16.7 Å². The van der Waals surface area contributed by atoms with Crippen molar-refractivity contribution in [2.24, 2.45) is 0 Å². The zero-order chi connectivity index (χ0) is 12.7. The van der Waals surface area contributed by atoms with Gasteiger partial charge in [-0.3, -0.25) is 4.79 Å². The molecule has 2 aromatic rings. The average molecular weight is 262 g/mol. The number of aromatic amines is 1. The Morgan fingerprint density at radius 2 is 2.11 bits per heavy atom. The summed E-state index contributed by atoms with van der Waals surface area (Å²) in [6.07, 6.45) is 1.60. The predicted octanol–water partition coefficient (Wildman–Crippen LogP) is 2.25. The van der Waals surface area contributed by atoms with Crippen molar-refractivity contribution in [2.45, 2.75) is 20.0 Å². The highest BCUT2D eigenvalue weighted by molar-refractivity contribution is 6.33. The fourth-order valence-electron chi connectivity index (χ4n) is 2.29. The maximum Gasteiger partial charge on any atom is 0.285 e. The normalized spacial score (nSPS) is 13.8. The molecule has 0 fully saturated rings. The number of aryl methyl sites for hydroxylation is 1. The molecule has 1 N–H and O–H groups in total. The van der Waals surface area contributed by atoms with Crippen molar-refractivity contribution < 1.29 is 0 Å². The van der Waals surface area contributed by atoms with Crippen LogP contribution in [0.5, 0.6) is 0 Å². The second-order valence-corrected chi connectivity index (χ2v) is 4.90. The van der Waals surface area contributed by atoms with Crippen LogP contribution in [0.1, 0.15) is 16.7 Å². The third kappa shape index (κ3) is 1.78. The molecule has 1 aromatic heterocycles. The molecule has 2 heterocycles. The maximum absolute atomic E-state index is 11.4. The van der Waals surface area contributed by atoms with Gasteiger partial charge in [0.15, 0.2) is 0 Å². The lowest BCUT2D eigenvalue weighted by molar-refractivity contribution is 0.859. The van der Waals surface area contributed by atoms with E-state index in [2.05, 4.69) is 40.2 Å². The van der Waals surface area contributed by atoms with E-state index in [9.17, 15) is 4.79 Å². The molecular weight excluding hydrogens is 250 g/mol. The van der Waals surface area contributed by atoms with Crippen LogP contribution >= 0.6 is 11.6 Å². The molecule has 0 saturated heterocycles. The standard InChI is InChI=1S/C13H12ClN3O/c1-8-2-3-9-6-17(7-10(9)4-8)11-5-15-16-13(18)12(11)14/h2-5H,6-7H2,1H3,(H,16,18). The van der Waals surface area contributed by atoms with Gasteiger partial charge in [-0.1, -0.05) is 35.4 Å². The third-order valence-electron chi connectivity index (χ3n) is 3.20. The van der Waals surface area contributed by atoms with Crippen molar-refractivity contribution in [1.82, 2.24) is 10.2 Å². The Balaban J connectivity index is 1.99. The second kappa shape index (κ2) is 4.14. The van der Waals surface area contributed by atoms with Crippen LogP contribution in [-0.2, 0) is 13.1 Å². The highest BCUT2D eigenvalue weighted by atomic mass is 35.5. The molecule has 0 atom stereocenters. The van der Waals surface area contributed by atoms with Gasteiger partial charge < -0.3 is 4.90 Å². The van der Waals surface area contributed by atoms with Gasteiger partial charge in [0.1, 0.15) is 5.02 Å². The van der Waals surface area contributed by atoms with Gasteiger partial charge in [0.05, 0.1) is 11.9 Å². The molecule has 0 aliphatic carbocycles. The Morgan fingerprint density at radius 1 is 1.33 bits per heavy atom. The van der Waals surface area contributed by atoms with Crippen LogP contribution in [0.15, 0.2) is 29.2 Å². The van der Waals surface area contributed by atoms with Gasteiger partial charge in [0.2, 0.25) is 0 Å². The quantitative estimate of drug-likeness (QED) is 0.857. The zero-order valence-corrected chi connectivity index (χ0v) is 10.7. The van der Waals surface area contributed by atoms with Crippen LogP contribution < -0.4 is 10.5 Å². The molecule has 3 rings (SSSR count). The number of H-pyrrole nitrogens is 1. The van der Waals surface area contributed by atoms with E-state index < -0.39 is 0 Å². The number of hydrogen-bond acceptors (Lipinski definition) is 3. The molecule has 1 aromatic carbocycles. The fourth-order valence-corrected chi connectivity index (χ4v) is 2.50. The summed E-state index contributed by atoms with van der Waals surface area (Å²) in [5, 5.41) is 6.34. The molecule has 0 saturated carbocycles. The summed E-state index contributed by atoms with van der Waals surface area (Å²) in [4.78, 5) is 13.5. The van der Waals surface area contributed by atoms with Crippen molar-refractivity contribution in [3.05, 3.63) is 56.5 Å². The number of fused-ring (bicyclic) bond motifs is 1. The minimum Gasteiger partial charge on any atom is -0.360 e. The first kappa shape index (κ1) is 11.3. The smallest absolute Gasteiger partial charge is 0.285 e. The summed E-state index contributed by atoms with van der Waals surface area (Å²) in [7, 11) is 0. The molecule has 5 heteroatoms. The van der Waals surface area contributed by atoms with E-state index in [1.54, 1.807) is 6.20 Å². The predicted molar refractivity (Wildman–Crippen MR) is 70.9 cm³/mol. The van der Waals surface area contributed by atoms with Crippen molar-refractivity contribution in [3.8, 4) is 0 Å². The topological polar surface area (TPSA) is 49.0 Å². The number of halogens is 1. The van der Waals surface area contributed by atoms with E-state index in [0.29, 0.717) is 5.69 Å². The van der Waals surface area contributed by atoms with E-state index in [-0.39, 0.29) is 10.6 Å². The molecule has 18 heavy (non-hydrogen) atoms. The van der Waals surface area contributed by atoms with E-state index in [0.717, 1.165) is 13.1 Å². The van der Waals surface area contributed by atoms with Crippen LogP contribution in [0.3, 0.4) is 0 Å². The lowest BCUT2D eigenvalue weighted by Gasteiger charge is -2.17. The molecule has 4 nitrogen and oxygen atoms in total. The summed E-state index contributed by atoms with van der Waals surface area (Å²) < 4.78 is 0. The minimum absolute atomic E-state index is 0.203. The van der Waals surface area contributed by atoms with Crippen molar-refractivity contribution in [3.63, 3.8) is 0 Å². The third-order valence-corrected chi connectivity index (χ3v) is 3.57. The summed E-state index contributed by atoms with van der Waals surface area (Å²) in [6, 6.07) is 6.39. The molecule has 1 aliphatic rings. The largest absolute Gasteiger partial charge is 0.360 e. The minimum atomic E-state index is -0.346. The SMILES string of the molecule is Cc1ccc2c(c1)CN(c1cn[nH]c(=O)c1Cl)C2. The number of aromatic nitrogens is 2. The highest BCUT2D eigenvalue weighted by Gasteiger charge is 2.22. The maximum atomic E-state index is 11.4. The first-order chi connectivity index (χ1) is 8.65. The second-order valence-electron chi connectivity index (χ2n) is 4.53. The molecule has 0 unspecified atom stereocenters. The Labute approximate surface area is 109 Å². The highest BCUT2D eigenvalue weighted by Crippen LogP contribution is 2.31. The average Bonchev–Trinajstić information content (AvgIpc) is 2.75. The van der Waals surface area contributed by atoms with Gasteiger partial charge in [0.25, 0.3) is 5.56 Å². The van der Waals surface area contributed by atoms with Crippen molar-refractivity contribution in [2.75, 3.05) is 4.90 Å². The molecule has 0 bridgehead atoms. The molecular formula is C13H12ClN3O. The van der Waals surface area contributed by atoms with Gasteiger partial charge >= 0.3 is 0 Å². The first-order valence-corrected chi connectivity index (χ1v) is 6.09. The van der Waals surface area contributed by atoms with Gasteiger partial charge in [-0.05, 0) is 18.1 Å². The Kier molecular flexibility index (Phi) is 2.59. The van der Waals surface area contributed by atoms with Crippen LogP contribution in [0.25, 0.3) is 0 Å². The van der Waals surface area contributed by atoms with Gasteiger partial charge in [-0.25, -0.2) is 5.10 Å². The summed E-state index contributed by atoms with van der Waals surface area (Å²) in [5.41, 5.74) is 4.14. The summed E-state index contributed by atoms with van der Waals surface area (Å²) in [6.45, 7) is 3.60. The molecule has 0 spiro atoms. The van der Waals surface area contributed by atoms with Crippen LogP contribution in [0.2, 0.25) is 5.02 Å². The number of rotatable bonds is 1. The number of nitrogens with zero attached hydrogens (tertiary/aromatic N) is 2. The number of nitrogens with one attached hydrogen (secondary N) is 1. The number of hydrogen-bond donors (Lipinski definition) is 1. The summed E-state index contributed by atoms with van der Waals surface area (Å²) in [5.74, 6) is 0. The summed E-state index contributed by atoms with van der Waals surface area (Å²) >= 11 is 6.02. The molecule has 0 radical (unpaired) electrons. The van der Waals surface area contributed by atoms with E-state index in [1.807, 2.05) is 0 Å². The molecule has 1 aliphatic heterocycles. The Morgan fingerprint density at radius 3 is 2.94 bits per heavy atom. The Hall–Kier alpha value is -1.81. The number of anilines is 1. The molecule has 0 amide bonds. The first-order valence-electron chi connectivity index (χ1n) is 5.71.